The summed E-state index contributed by atoms with van der Waals surface area (Å²) in [6, 6.07) is 15.9. The predicted octanol–water partition coefficient (Wildman–Crippen LogP) is 3.23. The Hall–Kier alpha value is -4.11. The number of nitrogen functional groups attached to an aromatic ring is 1. The second kappa shape index (κ2) is 12.0. The van der Waals surface area contributed by atoms with Gasteiger partial charge in [-0.05, 0) is 50.2 Å². The standard InChI is InChI=1S/C26H29ClN6O3/c1-16(2)33(14-21-5-3-4-8-31-21)22-10-19(9-20(27)12-22)26(35)32-13-18-7-6-17(25(29)30)11-23(18)36-15-24(28)34/h3-12,16H,13-15H2,1-2H3,(H2,28,34)(H3,29,30)(H,32,35). The Kier molecular flexibility index (Phi) is 8.86. The molecule has 10 heteroatoms. The number of amides is 2. The third-order valence-corrected chi connectivity index (χ3v) is 5.56. The van der Waals surface area contributed by atoms with Crippen LogP contribution in [0.25, 0.3) is 0 Å². The highest BCUT2D eigenvalue weighted by atomic mass is 35.5. The third-order valence-electron chi connectivity index (χ3n) is 5.35. The minimum absolute atomic E-state index is 0.106. The summed E-state index contributed by atoms with van der Waals surface area (Å²) in [5.74, 6) is -0.835. The summed E-state index contributed by atoms with van der Waals surface area (Å²) in [5.41, 5.74) is 13.8. The highest BCUT2D eigenvalue weighted by molar-refractivity contribution is 6.31. The van der Waals surface area contributed by atoms with Crippen LogP contribution in [0.5, 0.6) is 5.75 Å². The molecule has 1 aromatic heterocycles. The molecule has 0 bridgehead atoms. The molecule has 2 aromatic carbocycles. The maximum Gasteiger partial charge on any atom is 0.255 e. The smallest absolute Gasteiger partial charge is 0.255 e. The largest absolute Gasteiger partial charge is 0.483 e. The molecule has 0 aliphatic carbocycles. The van der Waals surface area contributed by atoms with Crippen molar-refractivity contribution in [2.24, 2.45) is 11.5 Å². The molecule has 188 valence electrons. The van der Waals surface area contributed by atoms with E-state index in [0.29, 0.717) is 34.0 Å². The number of hydrogen-bond donors (Lipinski definition) is 4. The van der Waals surface area contributed by atoms with Gasteiger partial charge in [0.15, 0.2) is 6.61 Å². The Bertz CT molecular complexity index is 1250. The van der Waals surface area contributed by atoms with Gasteiger partial charge in [0.2, 0.25) is 0 Å². The Balaban J connectivity index is 1.80. The van der Waals surface area contributed by atoms with E-state index in [2.05, 4.69) is 29.0 Å². The fraction of sp³-hybridized carbons (Fsp3) is 0.231. The average molecular weight is 509 g/mol. The van der Waals surface area contributed by atoms with Crippen molar-refractivity contribution < 1.29 is 14.3 Å². The van der Waals surface area contributed by atoms with Crippen molar-refractivity contribution in [3.8, 4) is 5.75 Å². The van der Waals surface area contributed by atoms with Crippen molar-refractivity contribution in [2.45, 2.75) is 33.0 Å². The van der Waals surface area contributed by atoms with Crippen LogP contribution in [0.2, 0.25) is 5.02 Å². The number of nitrogens with zero attached hydrogens (tertiary/aromatic N) is 2. The van der Waals surface area contributed by atoms with Gasteiger partial charge in [0.25, 0.3) is 11.8 Å². The van der Waals surface area contributed by atoms with Crippen molar-refractivity contribution in [3.05, 3.63) is 88.2 Å². The third kappa shape index (κ3) is 7.19. The zero-order chi connectivity index (χ0) is 26.2. The van der Waals surface area contributed by atoms with E-state index < -0.39 is 5.91 Å². The molecule has 0 radical (unpaired) electrons. The van der Waals surface area contributed by atoms with E-state index in [4.69, 9.17) is 33.2 Å². The van der Waals surface area contributed by atoms with E-state index in [1.165, 1.54) is 6.07 Å². The van der Waals surface area contributed by atoms with Gasteiger partial charge in [0, 0.05) is 46.2 Å². The highest BCUT2D eigenvalue weighted by Crippen LogP contribution is 2.26. The number of primary amides is 1. The Morgan fingerprint density at radius 2 is 1.89 bits per heavy atom. The van der Waals surface area contributed by atoms with Crippen LogP contribution in [0.3, 0.4) is 0 Å². The zero-order valence-electron chi connectivity index (χ0n) is 20.1. The first-order valence-corrected chi connectivity index (χ1v) is 11.7. The summed E-state index contributed by atoms with van der Waals surface area (Å²) in [6.07, 6.45) is 1.75. The van der Waals surface area contributed by atoms with Crippen molar-refractivity contribution >= 4 is 34.9 Å². The first-order valence-electron chi connectivity index (χ1n) is 11.3. The minimum Gasteiger partial charge on any atom is -0.483 e. The van der Waals surface area contributed by atoms with Crippen LogP contribution < -0.4 is 26.4 Å². The molecule has 36 heavy (non-hydrogen) atoms. The zero-order valence-corrected chi connectivity index (χ0v) is 20.9. The maximum absolute atomic E-state index is 13.1. The van der Waals surface area contributed by atoms with Gasteiger partial charge in [-0.2, -0.15) is 0 Å². The highest BCUT2D eigenvalue weighted by Gasteiger charge is 2.17. The van der Waals surface area contributed by atoms with Crippen LogP contribution in [-0.4, -0.2) is 35.3 Å². The Morgan fingerprint density at radius 3 is 2.53 bits per heavy atom. The number of ether oxygens (including phenoxy) is 1. The lowest BCUT2D eigenvalue weighted by atomic mass is 10.1. The number of nitrogens with one attached hydrogen (secondary N) is 2. The first kappa shape index (κ1) is 26.5. The SMILES string of the molecule is CC(C)N(Cc1ccccn1)c1cc(Cl)cc(C(=O)NCc2ccc(C(=N)N)cc2OCC(N)=O)c1. The van der Waals surface area contributed by atoms with E-state index in [1.54, 1.807) is 30.5 Å². The summed E-state index contributed by atoms with van der Waals surface area (Å²) < 4.78 is 5.47. The molecule has 3 rings (SSSR count). The molecule has 6 N–H and O–H groups in total. The van der Waals surface area contributed by atoms with Crippen LogP contribution >= 0.6 is 11.6 Å². The van der Waals surface area contributed by atoms with Gasteiger partial charge in [-0.25, -0.2) is 0 Å². The normalized spacial score (nSPS) is 10.7. The molecule has 0 spiro atoms. The van der Waals surface area contributed by atoms with Crippen molar-refractivity contribution in [1.82, 2.24) is 10.3 Å². The second-order valence-corrected chi connectivity index (χ2v) is 8.85. The molecule has 9 nitrogen and oxygen atoms in total. The lowest BCUT2D eigenvalue weighted by molar-refractivity contribution is -0.119. The Labute approximate surface area is 214 Å². The molecule has 0 unspecified atom stereocenters. The van der Waals surface area contributed by atoms with Gasteiger partial charge in [-0.15, -0.1) is 0 Å². The Morgan fingerprint density at radius 1 is 1.11 bits per heavy atom. The number of halogens is 1. The fourth-order valence-electron chi connectivity index (χ4n) is 3.54. The molecule has 1 heterocycles. The predicted molar refractivity (Wildman–Crippen MR) is 140 cm³/mol. The molecule has 0 aliphatic rings. The number of hydrogen-bond acceptors (Lipinski definition) is 6. The van der Waals surface area contributed by atoms with Gasteiger partial charge in [-0.1, -0.05) is 29.8 Å². The van der Waals surface area contributed by atoms with Crippen LogP contribution in [-0.2, 0) is 17.9 Å². The number of benzene rings is 2. The fourth-order valence-corrected chi connectivity index (χ4v) is 3.77. The van der Waals surface area contributed by atoms with Crippen LogP contribution in [0.1, 0.15) is 41.0 Å². The van der Waals surface area contributed by atoms with Gasteiger partial charge in [-0.3, -0.25) is 20.0 Å². The topological polar surface area (TPSA) is 147 Å². The van der Waals surface area contributed by atoms with E-state index in [1.807, 2.05) is 24.3 Å². The van der Waals surface area contributed by atoms with E-state index >= 15 is 0 Å². The lowest BCUT2D eigenvalue weighted by Crippen LogP contribution is -2.31. The monoisotopic (exact) mass is 508 g/mol. The summed E-state index contributed by atoms with van der Waals surface area (Å²) in [6.45, 7) is 4.43. The van der Waals surface area contributed by atoms with E-state index in [-0.39, 0.29) is 30.9 Å². The molecule has 0 atom stereocenters. The second-order valence-electron chi connectivity index (χ2n) is 8.41. The van der Waals surface area contributed by atoms with E-state index in [0.717, 1.165) is 11.4 Å². The quantitative estimate of drug-likeness (QED) is 0.231. The summed E-state index contributed by atoms with van der Waals surface area (Å²) in [7, 11) is 0. The number of amidine groups is 1. The minimum atomic E-state index is -0.648. The summed E-state index contributed by atoms with van der Waals surface area (Å²) >= 11 is 6.39. The van der Waals surface area contributed by atoms with Crippen molar-refractivity contribution in [3.63, 3.8) is 0 Å². The molecule has 3 aromatic rings. The van der Waals surface area contributed by atoms with Gasteiger partial charge in [0.05, 0.1) is 12.2 Å². The number of carbonyl (C=O) groups excluding carboxylic acids is 2. The van der Waals surface area contributed by atoms with Gasteiger partial charge >= 0.3 is 0 Å². The molecular formula is C26H29ClN6O3. The lowest BCUT2D eigenvalue weighted by Gasteiger charge is -2.29. The average Bonchev–Trinajstić information content (AvgIpc) is 2.84. The van der Waals surface area contributed by atoms with Crippen LogP contribution in [0.4, 0.5) is 5.69 Å². The number of anilines is 1. The molecule has 0 aliphatic heterocycles. The molecule has 2 amide bonds. The number of pyridine rings is 1. The first-order chi connectivity index (χ1) is 17.1. The summed E-state index contributed by atoms with van der Waals surface area (Å²) in [4.78, 5) is 30.7. The van der Waals surface area contributed by atoms with Crippen LogP contribution in [0.15, 0.2) is 60.8 Å². The van der Waals surface area contributed by atoms with Gasteiger partial charge in [0.1, 0.15) is 11.6 Å². The number of rotatable bonds is 11. The molecule has 0 saturated heterocycles. The number of nitrogens with two attached hydrogens (primary N) is 2. The number of aromatic nitrogens is 1. The van der Waals surface area contributed by atoms with E-state index in [9.17, 15) is 9.59 Å². The van der Waals surface area contributed by atoms with Crippen LogP contribution in [0, 0.1) is 5.41 Å². The van der Waals surface area contributed by atoms with Gasteiger partial charge < -0.3 is 26.4 Å². The molecule has 0 saturated carbocycles. The summed E-state index contributed by atoms with van der Waals surface area (Å²) in [5, 5.41) is 10.9. The van der Waals surface area contributed by atoms with Crippen molar-refractivity contribution in [2.75, 3.05) is 11.5 Å². The number of carbonyl (C=O) groups is 2. The molecular weight excluding hydrogens is 480 g/mol. The van der Waals surface area contributed by atoms with Crippen molar-refractivity contribution in [1.29, 1.82) is 5.41 Å². The maximum atomic E-state index is 13.1. The molecule has 0 fully saturated rings.